The van der Waals surface area contributed by atoms with Gasteiger partial charge >= 0.3 is 0 Å². The fourth-order valence-electron chi connectivity index (χ4n) is 2.46. The predicted octanol–water partition coefficient (Wildman–Crippen LogP) is 3.00. The van der Waals surface area contributed by atoms with E-state index < -0.39 is 15.9 Å². The smallest absolute Gasteiger partial charge is 0.253 e. The number of aromatic nitrogens is 2. The van der Waals surface area contributed by atoms with Crippen LogP contribution in [-0.2, 0) is 16.6 Å². The molecule has 2 N–H and O–H groups in total. The number of benzene rings is 2. The Morgan fingerprint density at radius 1 is 1.21 bits per heavy atom. The van der Waals surface area contributed by atoms with Crippen molar-refractivity contribution in [3.8, 4) is 11.4 Å². The van der Waals surface area contributed by atoms with Crippen molar-refractivity contribution in [1.29, 1.82) is 0 Å². The lowest BCUT2D eigenvalue weighted by Crippen LogP contribution is -2.23. The van der Waals surface area contributed by atoms with Gasteiger partial charge in [0.25, 0.3) is 5.91 Å². The van der Waals surface area contributed by atoms with Gasteiger partial charge in [0.1, 0.15) is 0 Å². The SMILES string of the molecule is Cc1cccc(-c2noc(CNC(=O)c3cc(NS(C)(=O)=O)ccc3Cl)n2)c1. The molecule has 1 amide bonds. The maximum Gasteiger partial charge on any atom is 0.253 e. The number of hydrogen-bond donors (Lipinski definition) is 2. The van der Waals surface area contributed by atoms with E-state index in [1.54, 1.807) is 0 Å². The first-order valence-corrected chi connectivity index (χ1v) is 10.4. The topological polar surface area (TPSA) is 114 Å². The van der Waals surface area contributed by atoms with Gasteiger partial charge in [-0.2, -0.15) is 4.98 Å². The van der Waals surface area contributed by atoms with Crippen LogP contribution in [0.3, 0.4) is 0 Å². The highest BCUT2D eigenvalue weighted by Gasteiger charge is 2.15. The molecule has 0 bridgehead atoms. The third-order valence-electron chi connectivity index (χ3n) is 3.66. The lowest BCUT2D eigenvalue weighted by Gasteiger charge is -2.08. The van der Waals surface area contributed by atoms with Crippen LogP contribution in [0.4, 0.5) is 5.69 Å². The number of aryl methyl sites for hydroxylation is 1. The Bertz CT molecular complexity index is 1130. The lowest BCUT2D eigenvalue weighted by atomic mass is 10.1. The number of sulfonamides is 1. The summed E-state index contributed by atoms with van der Waals surface area (Å²) in [6.07, 6.45) is 1.02. The second kappa shape index (κ2) is 7.99. The summed E-state index contributed by atoms with van der Waals surface area (Å²) in [5.74, 6) is 0.147. The van der Waals surface area contributed by atoms with Crippen molar-refractivity contribution in [3.63, 3.8) is 0 Å². The Kier molecular flexibility index (Phi) is 5.66. The monoisotopic (exact) mass is 420 g/mol. The predicted molar refractivity (Wildman–Crippen MR) is 106 cm³/mol. The van der Waals surface area contributed by atoms with Crippen LogP contribution < -0.4 is 10.0 Å². The molecule has 8 nitrogen and oxygen atoms in total. The maximum absolute atomic E-state index is 12.4. The van der Waals surface area contributed by atoms with Crippen LogP contribution in [0.25, 0.3) is 11.4 Å². The van der Waals surface area contributed by atoms with E-state index in [1.807, 2.05) is 31.2 Å². The average Bonchev–Trinajstić information content (AvgIpc) is 3.09. The number of nitrogens with zero attached hydrogens (tertiary/aromatic N) is 2. The molecule has 0 saturated heterocycles. The fraction of sp³-hybridized carbons (Fsp3) is 0.167. The maximum atomic E-state index is 12.4. The summed E-state index contributed by atoms with van der Waals surface area (Å²) >= 11 is 6.05. The number of rotatable bonds is 6. The van der Waals surface area contributed by atoms with Crippen molar-refractivity contribution in [1.82, 2.24) is 15.5 Å². The van der Waals surface area contributed by atoms with E-state index in [0.717, 1.165) is 17.4 Å². The number of anilines is 1. The van der Waals surface area contributed by atoms with E-state index in [9.17, 15) is 13.2 Å². The van der Waals surface area contributed by atoms with Gasteiger partial charge in [-0.25, -0.2) is 8.42 Å². The van der Waals surface area contributed by atoms with Gasteiger partial charge in [-0.1, -0.05) is 40.5 Å². The number of nitrogens with one attached hydrogen (secondary N) is 2. The molecule has 0 aliphatic rings. The third-order valence-corrected chi connectivity index (χ3v) is 4.59. The van der Waals surface area contributed by atoms with E-state index in [1.165, 1.54) is 18.2 Å². The molecular weight excluding hydrogens is 404 g/mol. The summed E-state index contributed by atoms with van der Waals surface area (Å²) in [5, 5.41) is 6.72. The van der Waals surface area contributed by atoms with Crippen molar-refractivity contribution in [2.75, 3.05) is 11.0 Å². The number of amides is 1. The molecule has 0 spiro atoms. The summed E-state index contributed by atoms with van der Waals surface area (Å²) in [6, 6.07) is 11.9. The molecule has 0 saturated carbocycles. The number of hydrogen-bond acceptors (Lipinski definition) is 6. The number of halogens is 1. The minimum atomic E-state index is -3.47. The molecule has 0 atom stereocenters. The summed E-state index contributed by atoms with van der Waals surface area (Å²) in [7, 11) is -3.47. The zero-order chi connectivity index (χ0) is 20.3. The van der Waals surface area contributed by atoms with Gasteiger partial charge in [-0.3, -0.25) is 9.52 Å². The Hall–Kier alpha value is -2.91. The van der Waals surface area contributed by atoms with E-state index in [2.05, 4.69) is 20.2 Å². The summed E-state index contributed by atoms with van der Waals surface area (Å²) in [4.78, 5) is 16.7. The van der Waals surface area contributed by atoms with Crippen LogP contribution in [-0.4, -0.2) is 30.7 Å². The molecule has 0 aliphatic carbocycles. The van der Waals surface area contributed by atoms with Gasteiger partial charge in [0.2, 0.25) is 21.7 Å². The molecule has 146 valence electrons. The largest absolute Gasteiger partial charge is 0.343 e. The quantitative estimate of drug-likeness (QED) is 0.633. The van der Waals surface area contributed by atoms with E-state index >= 15 is 0 Å². The summed E-state index contributed by atoms with van der Waals surface area (Å²) in [6.45, 7) is 1.96. The highest BCUT2D eigenvalue weighted by atomic mass is 35.5. The second-order valence-electron chi connectivity index (χ2n) is 6.13. The van der Waals surface area contributed by atoms with Crippen LogP contribution in [0.15, 0.2) is 47.0 Å². The molecule has 2 aromatic carbocycles. The molecule has 0 unspecified atom stereocenters. The van der Waals surface area contributed by atoms with Crippen molar-refractivity contribution in [2.45, 2.75) is 13.5 Å². The number of carbonyl (C=O) groups excluding carboxylic acids is 1. The van der Waals surface area contributed by atoms with Gasteiger partial charge in [-0.05, 0) is 31.2 Å². The van der Waals surface area contributed by atoms with Crippen molar-refractivity contribution >= 4 is 33.2 Å². The molecule has 10 heteroatoms. The highest BCUT2D eigenvalue weighted by molar-refractivity contribution is 7.92. The zero-order valence-corrected chi connectivity index (χ0v) is 16.6. The van der Waals surface area contributed by atoms with E-state index in [0.29, 0.717) is 5.82 Å². The van der Waals surface area contributed by atoms with Crippen molar-refractivity contribution in [2.24, 2.45) is 0 Å². The van der Waals surface area contributed by atoms with Gasteiger partial charge < -0.3 is 9.84 Å². The van der Waals surface area contributed by atoms with Crippen LogP contribution >= 0.6 is 11.6 Å². The molecule has 0 aliphatic heterocycles. The third kappa shape index (κ3) is 5.08. The molecule has 1 heterocycles. The van der Waals surface area contributed by atoms with Crippen LogP contribution in [0, 0.1) is 6.92 Å². The standard InChI is InChI=1S/C18H17ClN4O4S/c1-11-4-3-5-12(8-11)17-21-16(27-22-17)10-20-18(24)14-9-13(6-7-15(14)19)23-28(2,25)26/h3-9,23H,10H2,1-2H3,(H,20,24). The first kappa shape index (κ1) is 19.8. The summed E-state index contributed by atoms with van der Waals surface area (Å²) < 4.78 is 30.2. The first-order valence-electron chi connectivity index (χ1n) is 8.16. The molecule has 3 rings (SSSR count). The summed E-state index contributed by atoms with van der Waals surface area (Å²) in [5.41, 5.74) is 2.23. The van der Waals surface area contributed by atoms with Gasteiger partial charge in [-0.15, -0.1) is 0 Å². The molecular formula is C18H17ClN4O4S. The van der Waals surface area contributed by atoms with Crippen molar-refractivity contribution < 1.29 is 17.7 Å². The highest BCUT2D eigenvalue weighted by Crippen LogP contribution is 2.21. The molecule has 0 fully saturated rings. The fourth-order valence-corrected chi connectivity index (χ4v) is 3.21. The Labute approximate surface area is 167 Å². The van der Waals surface area contributed by atoms with Crippen LogP contribution in [0.1, 0.15) is 21.8 Å². The van der Waals surface area contributed by atoms with Gasteiger partial charge in [0.05, 0.1) is 23.4 Å². The molecule has 3 aromatic rings. The molecule has 0 radical (unpaired) electrons. The minimum Gasteiger partial charge on any atom is -0.343 e. The number of carbonyl (C=O) groups is 1. The Balaban J connectivity index is 1.70. The normalized spacial score (nSPS) is 11.2. The van der Waals surface area contributed by atoms with E-state index in [4.69, 9.17) is 16.1 Å². The molecule has 1 aromatic heterocycles. The average molecular weight is 421 g/mol. The van der Waals surface area contributed by atoms with Crippen molar-refractivity contribution in [3.05, 3.63) is 64.5 Å². The van der Waals surface area contributed by atoms with Gasteiger partial charge in [0.15, 0.2) is 0 Å². The lowest BCUT2D eigenvalue weighted by molar-refractivity contribution is 0.0946. The Morgan fingerprint density at radius 3 is 2.71 bits per heavy atom. The molecule has 28 heavy (non-hydrogen) atoms. The van der Waals surface area contributed by atoms with Crippen LogP contribution in [0.2, 0.25) is 5.02 Å². The first-order chi connectivity index (χ1) is 13.2. The van der Waals surface area contributed by atoms with Gasteiger partial charge in [0, 0.05) is 11.3 Å². The van der Waals surface area contributed by atoms with E-state index in [-0.39, 0.29) is 28.7 Å². The van der Waals surface area contributed by atoms with Crippen LogP contribution in [0.5, 0.6) is 0 Å². The minimum absolute atomic E-state index is 0.00227. The Morgan fingerprint density at radius 2 is 2.00 bits per heavy atom. The second-order valence-corrected chi connectivity index (χ2v) is 8.29. The zero-order valence-electron chi connectivity index (χ0n) is 15.1.